The van der Waals surface area contributed by atoms with Gasteiger partial charge in [0.2, 0.25) is 0 Å². The van der Waals surface area contributed by atoms with E-state index in [-0.39, 0.29) is 6.04 Å². The molecule has 0 saturated carbocycles. The minimum Gasteiger partial charge on any atom is -0.314 e. The van der Waals surface area contributed by atoms with Gasteiger partial charge in [-0.25, -0.2) is 0 Å². The minimum atomic E-state index is -4.38. The summed E-state index contributed by atoms with van der Waals surface area (Å²) in [6.07, 6.45) is -4.38. The van der Waals surface area contributed by atoms with Gasteiger partial charge in [0, 0.05) is 35.5 Å². The lowest BCUT2D eigenvalue weighted by molar-refractivity contribution is -0.137. The van der Waals surface area contributed by atoms with Crippen LogP contribution in [0.25, 0.3) is 0 Å². The maximum atomic E-state index is 13.2. The third-order valence-electron chi connectivity index (χ3n) is 3.94. The zero-order valence-corrected chi connectivity index (χ0v) is 15.7. The highest BCUT2D eigenvalue weighted by molar-refractivity contribution is 9.10. The van der Waals surface area contributed by atoms with E-state index in [0.29, 0.717) is 14.4 Å². The Morgan fingerprint density at radius 1 is 1.17 bits per heavy atom. The average molecular weight is 440 g/mol. The molecule has 24 heavy (non-hydrogen) atoms. The van der Waals surface area contributed by atoms with Gasteiger partial charge in [0.15, 0.2) is 0 Å². The van der Waals surface area contributed by atoms with E-state index in [9.17, 15) is 13.2 Å². The molecule has 0 bridgehead atoms. The van der Waals surface area contributed by atoms with Gasteiger partial charge in [-0.3, -0.25) is 4.90 Å². The molecule has 0 amide bonds. The first-order chi connectivity index (χ1) is 11.3. The second-order valence-corrected chi connectivity index (χ2v) is 8.26. The smallest absolute Gasteiger partial charge is 0.314 e. The first kappa shape index (κ1) is 18.2. The molecule has 0 unspecified atom stereocenters. The highest BCUT2D eigenvalue weighted by atomic mass is 79.9. The van der Waals surface area contributed by atoms with Crippen molar-refractivity contribution in [1.29, 1.82) is 0 Å². The molecule has 1 N–H and O–H groups in total. The van der Waals surface area contributed by atoms with Gasteiger partial charge in [0.1, 0.15) is 0 Å². The molecule has 0 aliphatic carbocycles. The fourth-order valence-electron chi connectivity index (χ4n) is 2.90. The van der Waals surface area contributed by atoms with E-state index in [4.69, 9.17) is 11.6 Å². The van der Waals surface area contributed by atoms with Crippen LogP contribution in [0.15, 0.2) is 34.8 Å². The molecule has 1 atom stereocenters. The van der Waals surface area contributed by atoms with Crippen LogP contribution in [0.5, 0.6) is 0 Å². The second-order valence-electron chi connectivity index (χ2n) is 5.60. The summed E-state index contributed by atoms with van der Waals surface area (Å²) in [6, 6.07) is 7.57. The molecule has 1 aliphatic heterocycles. The Morgan fingerprint density at radius 2 is 1.88 bits per heavy atom. The molecule has 3 rings (SSSR count). The van der Waals surface area contributed by atoms with E-state index in [0.717, 1.165) is 37.1 Å². The van der Waals surface area contributed by atoms with Crippen LogP contribution in [0.2, 0.25) is 4.34 Å². The third kappa shape index (κ3) is 4.14. The Balaban J connectivity index is 2.06. The highest BCUT2D eigenvalue weighted by Crippen LogP contribution is 2.39. The van der Waals surface area contributed by atoms with Crippen LogP contribution in [0.1, 0.15) is 22.0 Å². The minimum absolute atomic E-state index is 0.233. The monoisotopic (exact) mass is 438 g/mol. The number of hydrogen-bond donors (Lipinski definition) is 1. The van der Waals surface area contributed by atoms with E-state index < -0.39 is 11.7 Å². The van der Waals surface area contributed by atoms with Crippen LogP contribution >= 0.6 is 38.9 Å². The van der Waals surface area contributed by atoms with Gasteiger partial charge in [-0.1, -0.05) is 27.5 Å². The Hall–Kier alpha value is -0.600. The van der Waals surface area contributed by atoms with Crippen molar-refractivity contribution >= 4 is 38.9 Å². The first-order valence-corrected chi connectivity index (χ1v) is 9.41. The van der Waals surface area contributed by atoms with Crippen molar-refractivity contribution in [3.8, 4) is 0 Å². The maximum Gasteiger partial charge on any atom is 0.416 e. The molecule has 2 nitrogen and oxygen atoms in total. The molecular formula is C16H15BrClF3N2S. The van der Waals surface area contributed by atoms with Crippen LogP contribution in [-0.2, 0) is 6.18 Å². The topological polar surface area (TPSA) is 15.3 Å². The molecule has 0 radical (unpaired) electrons. The first-order valence-electron chi connectivity index (χ1n) is 7.42. The molecule has 1 aromatic carbocycles. The number of rotatable bonds is 3. The van der Waals surface area contributed by atoms with Crippen LogP contribution < -0.4 is 5.32 Å². The van der Waals surface area contributed by atoms with Crippen LogP contribution in [0, 0.1) is 0 Å². The normalized spacial score (nSPS) is 17.9. The fraction of sp³-hybridized carbons (Fsp3) is 0.375. The van der Waals surface area contributed by atoms with Crippen molar-refractivity contribution in [2.75, 3.05) is 26.2 Å². The van der Waals surface area contributed by atoms with Gasteiger partial charge < -0.3 is 5.32 Å². The number of nitrogens with zero attached hydrogens (tertiary/aromatic N) is 1. The van der Waals surface area contributed by atoms with Crippen molar-refractivity contribution in [3.05, 3.63) is 55.1 Å². The second kappa shape index (κ2) is 7.33. The average Bonchev–Trinajstić information content (AvgIpc) is 2.93. The molecule has 0 spiro atoms. The molecule has 130 valence electrons. The summed E-state index contributed by atoms with van der Waals surface area (Å²) >= 11 is 10.7. The number of benzene rings is 1. The summed E-state index contributed by atoms with van der Waals surface area (Å²) in [5, 5.41) is 3.27. The van der Waals surface area contributed by atoms with Gasteiger partial charge in [-0.2, -0.15) is 13.2 Å². The molecule has 1 fully saturated rings. The van der Waals surface area contributed by atoms with Crippen molar-refractivity contribution in [1.82, 2.24) is 10.2 Å². The maximum absolute atomic E-state index is 13.2. The fourth-order valence-corrected chi connectivity index (χ4v) is 4.64. The summed E-state index contributed by atoms with van der Waals surface area (Å²) in [5.41, 5.74) is -0.0215. The lowest BCUT2D eigenvalue weighted by atomic mass is 10.00. The van der Waals surface area contributed by atoms with Crippen molar-refractivity contribution in [3.63, 3.8) is 0 Å². The quantitative estimate of drug-likeness (QED) is 0.709. The Kier molecular flexibility index (Phi) is 5.56. The summed E-state index contributed by atoms with van der Waals surface area (Å²) in [7, 11) is 0. The van der Waals surface area contributed by atoms with E-state index >= 15 is 0 Å². The van der Waals surface area contributed by atoms with Crippen LogP contribution in [0.4, 0.5) is 13.2 Å². The number of nitrogens with one attached hydrogen (secondary N) is 1. The van der Waals surface area contributed by atoms with E-state index in [1.54, 1.807) is 12.1 Å². The SMILES string of the molecule is FC(F)(F)c1cc(Br)cc([C@@H](c2ccc(Cl)s2)N2CCNCC2)c1. The van der Waals surface area contributed by atoms with E-state index in [1.165, 1.54) is 17.4 Å². The largest absolute Gasteiger partial charge is 0.416 e. The molecule has 2 heterocycles. The molecule has 2 aromatic rings. The summed E-state index contributed by atoms with van der Waals surface area (Å²) in [4.78, 5) is 3.15. The molecular weight excluding hydrogens is 425 g/mol. The van der Waals surface area contributed by atoms with Crippen LogP contribution in [-0.4, -0.2) is 31.1 Å². The van der Waals surface area contributed by atoms with Gasteiger partial charge in [-0.15, -0.1) is 11.3 Å². The van der Waals surface area contributed by atoms with Gasteiger partial charge in [0.25, 0.3) is 0 Å². The molecule has 8 heteroatoms. The summed E-state index contributed by atoms with van der Waals surface area (Å²) < 4.78 is 40.7. The van der Waals surface area contributed by atoms with Crippen molar-refractivity contribution in [2.24, 2.45) is 0 Å². The van der Waals surface area contributed by atoms with Gasteiger partial charge in [0.05, 0.1) is 15.9 Å². The zero-order valence-electron chi connectivity index (χ0n) is 12.5. The van der Waals surface area contributed by atoms with Crippen LogP contribution in [0.3, 0.4) is 0 Å². The van der Waals surface area contributed by atoms with E-state index in [2.05, 4.69) is 26.1 Å². The predicted octanol–water partition coefficient (Wildman–Crippen LogP) is 5.18. The standard InChI is InChI=1S/C16H15BrClF3N2S/c17-12-8-10(7-11(9-12)16(19,20)21)15(13-1-2-14(18)24-13)23-5-3-22-4-6-23/h1-2,7-9,15,22H,3-6H2/t15-/m0/s1. The molecule has 1 aromatic heterocycles. The highest BCUT2D eigenvalue weighted by Gasteiger charge is 2.33. The number of alkyl halides is 3. The van der Waals surface area contributed by atoms with Gasteiger partial charge >= 0.3 is 6.18 Å². The predicted molar refractivity (Wildman–Crippen MR) is 94.8 cm³/mol. The Morgan fingerprint density at radius 3 is 2.46 bits per heavy atom. The zero-order chi connectivity index (χ0) is 17.3. The summed E-state index contributed by atoms with van der Waals surface area (Å²) in [6.45, 7) is 3.17. The Bertz CT molecular complexity index is 714. The lowest BCUT2D eigenvalue weighted by Crippen LogP contribution is -2.45. The van der Waals surface area contributed by atoms with Crippen molar-refractivity contribution in [2.45, 2.75) is 12.2 Å². The number of hydrogen-bond acceptors (Lipinski definition) is 3. The molecule has 1 saturated heterocycles. The Labute approximate surface area is 155 Å². The lowest BCUT2D eigenvalue weighted by Gasteiger charge is -2.35. The number of thiophene rings is 1. The van der Waals surface area contributed by atoms with Crippen molar-refractivity contribution < 1.29 is 13.2 Å². The third-order valence-corrected chi connectivity index (χ3v) is 5.68. The number of halogens is 5. The van der Waals surface area contributed by atoms with E-state index in [1.807, 2.05) is 6.07 Å². The summed E-state index contributed by atoms with van der Waals surface area (Å²) in [5.74, 6) is 0. The number of piperazine rings is 1. The van der Waals surface area contributed by atoms with Gasteiger partial charge in [-0.05, 0) is 35.9 Å². The molecule has 1 aliphatic rings.